The summed E-state index contributed by atoms with van der Waals surface area (Å²) in [5.74, 6) is 1.99. The maximum absolute atomic E-state index is 5.74. The molecule has 5 aromatic rings. The van der Waals surface area contributed by atoms with E-state index in [1.165, 1.54) is 5.56 Å². The molecule has 166 valence electrons. The van der Waals surface area contributed by atoms with Crippen LogP contribution >= 0.6 is 0 Å². The standard InChI is InChI=1S/C26H27N7/c1-15-6-8-19-18(23(15)16-7-9-20-17(12-16)14-29-25(27)30-20)10-11-28-24(19)31-22-13-21(26(2,3)4)32-33(22)5/h6-14H,1-5H3,(H,28,31)(H2,27,29,30). The van der Waals surface area contributed by atoms with Gasteiger partial charge in [0, 0.05) is 41.7 Å². The van der Waals surface area contributed by atoms with E-state index in [1.807, 2.05) is 24.0 Å². The molecule has 0 bridgehead atoms. The van der Waals surface area contributed by atoms with Gasteiger partial charge in [0.05, 0.1) is 11.2 Å². The Bertz CT molecular complexity index is 1510. The van der Waals surface area contributed by atoms with Gasteiger partial charge in [0.1, 0.15) is 11.6 Å². The molecule has 0 fully saturated rings. The quantitative estimate of drug-likeness (QED) is 0.386. The van der Waals surface area contributed by atoms with Crippen LogP contribution in [0, 0.1) is 6.92 Å². The number of nitrogens with two attached hydrogens (primary N) is 1. The minimum atomic E-state index is -0.0291. The fourth-order valence-corrected chi connectivity index (χ4v) is 4.12. The fraction of sp³-hybridized carbons (Fsp3) is 0.231. The van der Waals surface area contributed by atoms with Crippen LogP contribution in [0.25, 0.3) is 32.8 Å². The molecule has 7 nitrogen and oxygen atoms in total. The van der Waals surface area contributed by atoms with Crippen LogP contribution in [0.3, 0.4) is 0 Å². The summed E-state index contributed by atoms with van der Waals surface area (Å²) in [4.78, 5) is 13.1. The van der Waals surface area contributed by atoms with Crippen LogP contribution in [0.4, 0.5) is 17.6 Å². The number of aromatic nitrogens is 5. The van der Waals surface area contributed by atoms with Crippen molar-refractivity contribution >= 4 is 39.3 Å². The third-order valence-corrected chi connectivity index (χ3v) is 5.94. The topological polar surface area (TPSA) is 94.5 Å². The normalized spacial score (nSPS) is 11.9. The molecule has 5 rings (SSSR count). The Balaban J connectivity index is 1.63. The molecule has 0 atom stereocenters. The minimum Gasteiger partial charge on any atom is -0.368 e. The smallest absolute Gasteiger partial charge is 0.220 e. The fourth-order valence-electron chi connectivity index (χ4n) is 4.12. The number of nitrogens with one attached hydrogen (secondary N) is 1. The molecule has 0 aliphatic heterocycles. The summed E-state index contributed by atoms with van der Waals surface area (Å²) in [6.45, 7) is 8.61. The number of nitrogens with zero attached hydrogens (tertiary/aromatic N) is 5. The number of nitrogen functional groups attached to an aromatic ring is 1. The van der Waals surface area contributed by atoms with E-state index in [0.29, 0.717) is 0 Å². The Labute approximate surface area is 192 Å². The molecule has 0 radical (unpaired) electrons. The van der Waals surface area contributed by atoms with Gasteiger partial charge in [-0.1, -0.05) is 39.0 Å². The molecule has 0 saturated carbocycles. The van der Waals surface area contributed by atoms with Gasteiger partial charge in [-0.15, -0.1) is 0 Å². The molecule has 0 saturated heterocycles. The zero-order valence-electron chi connectivity index (χ0n) is 19.5. The molecule has 0 unspecified atom stereocenters. The summed E-state index contributed by atoms with van der Waals surface area (Å²) in [6.07, 6.45) is 3.62. The highest BCUT2D eigenvalue weighted by Crippen LogP contribution is 2.36. The first-order chi connectivity index (χ1) is 15.7. The summed E-state index contributed by atoms with van der Waals surface area (Å²) in [7, 11) is 1.95. The number of anilines is 3. The predicted octanol–water partition coefficient (Wildman–Crippen LogP) is 5.51. The van der Waals surface area contributed by atoms with Crippen molar-refractivity contribution in [1.82, 2.24) is 24.7 Å². The first-order valence-electron chi connectivity index (χ1n) is 10.9. The van der Waals surface area contributed by atoms with Crippen molar-refractivity contribution in [2.24, 2.45) is 7.05 Å². The number of rotatable bonds is 3. The molecule has 2 aromatic carbocycles. The second-order valence-corrected chi connectivity index (χ2v) is 9.43. The molecule has 0 aliphatic carbocycles. The molecule has 3 aromatic heterocycles. The number of hydrogen-bond acceptors (Lipinski definition) is 6. The predicted molar refractivity (Wildman–Crippen MR) is 135 cm³/mol. The van der Waals surface area contributed by atoms with Gasteiger partial charge in [-0.2, -0.15) is 5.10 Å². The lowest BCUT2D eigenvalue weighted by Gasteiger charge is -2.15. The summed E-state index contributed by atoms with van der Waals surface area (Å²) < 4.78 is 1.87. The summed E-state index contributed by atoms with van der Waals surface area (Å²) in [5.41, 5.74) is 11.0. The van der Waals surface area contributed by atoms with E-state index >= 15 is 0 Å². The number of fused-ring (bicyclic) bond motifs is 2. The minimum absolute atomic E-state index is 0.0291. The van der Waals surface area contributed by atoms with Crippen molar-refractivity contribution in [1.29, 1.82) is 0 Å². The number of pyridine rings is 1. The van der Waals surface area contributed by atoms with E-state index in [2.05, 4.69) is 89.5 Å². The third-order valence-electron chi connectivity index (χ3n) is 5.94. The Morgan fingerprint density at radius 2 is 1.79 bits per heavy atom. The molecule has 0 aliphatic rings. The summed E-state index contributed by atoms with van der Waals surface area (Å²) in [5, 5.41) is 11.3. The first-order valence-corrected chi connectivity index (χ1v) is 10.9. The van der Waals surface area contributed by atoms with Crippen molar-refractivity contribution in [3.05, 3.63) is 66.1 Å². The van der Waals surface area contributed by atoms with Crippen LogP contribution < -0.4 is 11.1 Å². The van der Waals surface area contributed by atoms with E-state index in [-0.39, 0.29) is 11.4 Å². The van der Waals surface area contributed by atoms with Gasteiger partial charge >= 0.3 is 0 Å². The van der Waals surface area contributed by atoms with E-state index in [0.717, 1.165) is 50.1 Å². The maximum Gasteiger partial charge on any atom is 0.220 e. The van der Waals surface area contributed by atoms with E-state index in [4.69, 9.17) is 5.73 Å². The molecular weight excluding hydrogens is 410 g/mol. The average molecular weight is 438 g/mol. The van der Waals surface area contributed by atoms with Crippen molar-refractivity contribution in [3.8, 4) is 11.1 Å². The molecule has 33 heavy (non-hydrogen) atoms. The summed E-state index contributed by atoms with van der Waals surface area (Å²) in [6, 6.07) is 14.6. The monoisotopic (exact) mass is 437 g/mol. The van der Waals surface area contributed by atoms with Crippen molar-refractivity contribution in [3.63, 3.8) is 0 Å². The molecule has 3 N–H and O–H groups in total. The summed E-state index contributed by atoms with van der Waals surface area (Å²) >= 11 is 0. The van der Waals surface area contributed by atoms with Crippen molar-refractivity contribution in [2.45, 2.75) is 33.1 Å². The number of benzene rings is 2. The average Bonchev–Trinajstić information content (AvgIpc) is 3.14. The van der Waals surface area contributed by atoms with Gasteiger partial charge in [-0.05, 0) is 47.2 Å². The zero-order chi connectivity index (χ0) is 23.3. The first kappa shape index (κ1) is 20.9. The van der Waals surface area contributed by atoms with E-state index in [1.54, 1.807) is 6.20 Å². The van der Waals surface area contributed by atoms with Crippen LogP contribution in [0.5, 0.6) is 0 Å². The second kappa shape index (κ2) is 7.55. The van der Waals surface area contributed by atoms with E-state index in [9.17, 15) is 0 Å². The highest BCUT2D eigenvalue weighted by atomic mass is 15.3. The molecule has 0 spiro atoms. The molecular formula is C26H27N7. The Kier molecular flexibility index (Phi) is 4.78. The Morgan fingerprint density at radius 1 is 0.970 bits per heavy atom. The molecule has 3 heterocycles. The maximum atomic E-state index is 5.74. The number of aryl methyl sites for hydroxylation is 2. The van der Waals surface area contributed by atoms with Gasteiger partial charge in [0.2, 0.25) is 5.95 Å². The lowest BCUT2D eigenvalue weighted by molar-refractivity contribution is 0.553. The van der Waals surface area contributed by atoms with Gasteiger partial charge in [0.15, 0.2) is 0 Å². The zero-order valence-corrected chi connectivity index (χ0v) is 19.5. The lowest BCUT2D eigenvalue weighted by atomic mass is 9.92. The number of hydrogen-bond donors (Lipinski definition) is 2. The third kappa shape index (κ3) is 3.75. The molecule has 7 heteroatoms. The van der Waals surface area contributed by atoms with Crippen molar-refractivity contribution < 1.29 is 0 Å². The lowest BCUT2D eigenvalue weighted by Crippen LogP contribution is -2.12. The largest absolute Gasteiger partial charge is 0.368 e. The van der Waals surface area contributed by atoms with Crippen LogP contribution in [0.2, 0.25) is 0 Å². The van der Waals surface area contributed by atoms with Gasteiger partial charge in [-0.25, -0.2) is 15.0 Å². The molecule has 0 amide bonds. The van der Waals surface area contributed by atoms with Crippen LogP contribution in [0.1, 0.15) is 32.0 Å². The van der Waals surface area contributed by atoms with E-state index < -0.39 is 0 Å². The highest BCUT2D eigenvalue weighted by Gasteiger charge is 2.20. The SMILES string of the molecule is Cc1ccc2c(Nc3cc(C(C)(C)C)nn3C)nccc2c1-c1ccc2nc(N)ncc2c1. The highest BCUT2D eigenvalue weighted by molar-refractivity contribution is 6.04. The second-order valence-electron chi connectivity index (χ2n) is 9.43. The van der Waals surface area contributed by atoms with Gasteiger partial charge < -0.3 is 11.1 Å². The Hall–Kier alpha value is -4.00. The van der Waals surface area contributed by atoms with Gasteiger partial charge in [-0.3, -0.25) is 4.68 Å². The Morgan fingerprint density at radius 3 is 2.55 bits per heavy atom. The van der Waals surface area contributed by atoms with Crippen LogP contribution in [-0.4, -0.2) is 24.7 Å². The van der Waals surface area contributed by atoms with Gasteiger partial charge in [0.25, 0.3) is 0 Å². The van der Waals surface area contributed by atoms with Crippen LogP contribution in [-0.2, 0) is 12.5 Å². The van der Waals surface area contributed by atoms with Crippen molar-refractivity contribution in [2.75, 3.05) is 11.1 Å². The van der Waals surface area contributed by atoms with Crippen LogP contribution in [0.15, 0.2) is 54.9 Å².